The topological polar surface area (TPSA) is 73.9 Å². The summed E-state index contributed by atoms with van der Waals surface area (Å²) in [5.74, 6) is 1.19. The van der Waals surface area contributed by atoms with Crippen molar-refractivity contribution in [3.63, 3.8) is 0 Å². The first-order valence-electron chi connectivity index (χ1n) is 9.69. The molecule has 1 aliphatic rings. The van der Waals surface area contributed by atoms with Crippen LogP contribution in [0.2, 0.25) is 0 Å². The van der Waals surface area contributed by atoms with E-state index in [1.54, 1.807) is 25.1 Å². The fourth-order valence-electron chi connectivity index (χ4n) is 3.44. The van der Waals surface area contributed by atoms with Gasteiger partial charge in [-0.25, -0.2) is 4.79 Å². The zero-order valence-electron chi connectivity index (χ0n) is 16.9. The average Bonchev–Trinajstić information content (AvgIpc) is 2.65. The highest BCUT2D eigenvalue weighted by atomic mass is 16.5. The third-order valence-corrected chi connectivity index (χ3v) is 5.39. The van der Waals surface area contributed by atoms with E-state index < -0.39 is 12.1 Å². The zero-order chi connectivity index (χ0) is 20.0. The molecule has 1 saturated carbocycles. The largest absolute Gasteiger partial charge is 0.493 e. The molecule has 0 aliphatic heterocycles. The molecule has 1 aliphatic carbocycles. The molecule has 0 saturated heterocycles. The Morgan fingerprint density at radius 2 is 1.96 bits per heavy atom. The lowest BCUT2D eigenvalue weighted by molar-refractivity contribution is -0.130. The first kappa shape index (κ1) is 21.1. The molecule has 1 aromatic rings. The van der Waals surface area contributed by atoms with Crippen molar-refractivity contribution < 1.29 is 23.8 Å². The van der Waals surface area contributed by atoms with Gasteiger partial charge in [-0.15, -0.1) is 0 Å². The van der Waals surface area contributed by atoms with Crippen LogP contribution in [0.25, 0.3) is 0 Å². The molecule has 0 bridgehead atoms. The number of carbonyl (C=O) groups excluding carboxylic acids is 2. The number of hydrogen-bond donors (Lipinski definition) is 1. The van der Waals surface area contributed by atoms with Gasteiger partial charge >= 0.3 is 5.97 Å². The van der Waals surface area contributed by atoms with Crippen LogP contribution < -0.4 is 14.8 Å². The van der Waals surface area contributed by atoms with Crippen LogP contribution in [0.15, 0.2) is 18.2 Å². The second-order valence-corrected chi connectivity index (χ2v) is 7.23. The third-order valence-electron chi connectivity index (χ3n) is 5.39. The summed E-state index contributed by atoms with van der Waals surface area (Å²) in [4.78, 5) is 24.9. The number of carbonyl (C=O) groups is 2. The van der Waals surface area contributed by atoms with Crippen molar-refractivity contribution >= 4 is 11.9 Å². The smallest absolute Gasteiger partial charge is 0.339 e. The van der Waals surface area contributed by atoms with Gasteiger partial charge in [-0.3, -0.25) is 4.79 Å². The van der Waals surface area contributed by atoms with Gasteiger partial charge in [0.1, 0.15) is 0 Å². The standard InChI is InChI=1S/C21H31NO5/c1-6-26-19-12-16(10-11-18(19)25-5)21(24)27-15(4)20(23)22-17-9-7-8-13(2)14(17)3/h10-15,17H,6-9H2,1-5H3,(H,22,23)/t13-,14-,15+,17+/m0/s1. The van der Waals surface area contributed by atoms with Crippen molar-refractivity contribution in [2.45, 2.75) is 59.1 Å². The maximum Gasteiger partial charge on any atom is 0.339 e. The number of methoxy groups -OCH3 is 1. The lowest BCUT2D eigenvalue weighted by Gasteiger charge is -2.35. The molecule has 6 heteroatoms. The Morgan fingerprint density at radius 1 is 1.22 bits per heavy atom. The molecule has 1 fully saturated rings. The molecular formula is C21H31NO5. The highest BCUT2D eigenvalue weighted by molar-refractivity contribution is 5.92. The second kappa shape index (κ2) is 9.62. The molecule has 1 amide bonds. The van der Waals surface area contributed by atoms with Crippen molar-refractivity contribution in [1.82, 2.24) is 5.32 Å². The van der Waals surface area contributed by atoms with Crippen LogP contribution in [0.5, 0.6) is 11.5 Å². The van der Waals surface area contributed by atoms with Gasteiger partial charge in [-0.05, 0) is 50.3 Å². The molecule has 150 valence electrons. The molecule has 2 rings (SSSR count). The van der Waals surface area contributed by atoms with Gasteiger partial charge in [0.05, 0.1) is 19.3 Å². The Labute approximate surface area is 161 Å². The summed E-state index contributed by atoms with van der Waals surface area (Å²) in [6.07, 6.45) is 2.40. The first-order valence-corrected chi connectivity index (χ1v) is 9.69. The summed E-state index contributed by atoms with van der Waals surface area (Å²) in [6, 6.07) is 4.95. The minimum atomic E-state index is -0.862. The molecule has 0 spiro atoms. The maximum atomic E-state index is 12.5. The zero-order valence-corrected chi connectivity index (χ0v) is 16.9. The quantitative estimate of drug-likeness (QED) is 0.735. The summed E-state index contributed by atoms with van der Waals surface area (Å²) in [7, 11) is 1.54. The monoisotopic (exact) mass is 377 g/mol. The number of esters is 1. The van der Waals surface area contributed by atoms with E-state index in [0.29, 0.717) is 35.5 Å². The number of ether oxygens (including phenoxy) is 3. The third kappa shape index (κ3) is 5.37. The normalized spacial score (nSPS) is 23.2. The highest BCUT2D eigenvalue weighted by Crippen LogP contribution is 2.30. The van der Waals surface area contributed by atoms with Gasteiger partial charge in [-0.1, -0.05) is 26.7 Å². The lowest BCUT2D eigenvalue weighted by Crippen LogP contribution is -2.47. The van der Waals surface area contributed by atoms with Crippen molar-refractivity contribution in [3.05, 3.63) is 23.8 Å². The van der Waals surface area contributed by atoms with Crippen molar-refractivity contribution in [2.75, 3.05) is 13.7 Å². The molecule has 0 aromatic heterocycles. The van der Waals surface area contributed by atoms with Crippen molar-refractivity contribution in [3.8, 4) is 11.5 Å². The molecule has 4 atom stereocenters. The van der Waals surface area contributed by atoms with Gasteiger partial charge in [-0.2, -0.15) is 0 Å². The molecule has 0 unspecified atom stereocenters. The lowest BCUT2D eigenvalue weighted by atomic mass is 9.78. The fourth-order valence-corrected chi connectivity index (χ4v) is 3.44. The van der Waals surface area contributed by atoms with E-state index in [-0.39, 0.29) is 11.9 Å². The molecule has 27 heavy (non-hydrogen) atoms. The predicted molar refractivity (Wildman–Crippen MR) is 103 cm³/mol. The van der Waals surface area contributed by atoms with Crippen LogP contribution in [-0.2, 0) is 9.53 Å². The van der Waals surface area contributed by atoms with Crippen molar-refractivity contribution in [1.29, 1.82) is 0 Å². The Hall–Kier alpha value is -2.24. The first-order chi connectivity index (χ1) is 12.9. The van der Waals surface area contributed by atoms with Crippen LogP contribution in [0.1, 0.15) is 57.3 Å². The Bertz CT molecular complexity index is 660. The summed E-state index contributed by atoms with van der Waals surface area (Å²) in [6.45, 7) is 8.27. The predicted octanol–water partition coefficient (Wildman–Crippen LogP) is 3.58. The van der Waals surface area contributed by atoms with Gasteiger partial charge in [0, 0.05) is 6.04 Å². The molecule has 6 nitrogen and oxygen atoms in total. The van der Waals surface area contributed by atoms with E-state index in [1.807, 2.05) is 6.92 Å². The molecule has 0 radical (unpaired) electrons. The maximum absolute atomic E-state index is 12.5. The van der Waals surface area contributed by atoms with Crippen LogP contribution >= 0.6 is 0 Å². The fraction of sp³-hybridized carbons (Fsp3) is 0.619. The van der Waals surface area contributed by atoms with Crippen LogP contribution in [0, 0.1) is 11.8 Å². The van der Waals surface area contributed by atoms with Gasteiger partial charge < -0.3 is 19.5 Å². The number of amides is 1. The Balaban J connectivity index is 1.98. The summed E-state index contributed by atoms with van der Waals surface area (Å²) >= 11 is 0. The number of rotatable bonds is 7. The molecule has 1 N–H and O–H groups in total. The Morgan fingerprint density at radius 3 is 2.63 bits per heavy atom. The highest BCUT2D eigenvalue weighted by Gasteiger charge is 2.30. The van der Waals surface area contributed by atoms with Crippen LogP contribution in [0.4, 0.5) is 0 Å². The summed E-state index contributed by atoms with van der Waals surface area (Å²) in [5.41, 5.74) is 0.318. The number of benzene rings is 1. The van der Waals surface area contributed by atoms with Crippen LogP contribution in [0.3, 0.4) is 0 Å². The summed E-state index contributed by atoms with van der Waals surface area (Å²) in [5, 5.41) is 3.04. The number of hydrogen-bond acceptors (Lipinski definition) is 5. The van der Waals surface area contributed by atoms with Gasteiger partial charge in [0.2, 0.25) is 0 Å². The van der Waals surface area contributed by atoms with E-state index in [2.05, 4.69) is 19.2 Å². The van der Waals surface area contributed by atoms with E-state index in [0.717, 1.165) is 12.8 Å². The minimum Gasteiger partial charge on any atom is -0.493 e. The van der Waals surface area contributed by atoms with Crippen LogP contribution in [-0.4, -0.2) is 37.7 Å². The molecule has 0 heterocycles. The molecular weight excluding hydrogens is 346 g/mol. The van der Waals surface area contributed by atoms with Gasteiger partial charge in [0.15, 0.2) is 17.6 Å². The van der Waals surface area contributed by atoms with E-state index >= 15 is 0 Å². The second-order valence-electron chi connectivity index (χ2n) is 7.23. The average molecular weight is 377 g/mol. The van der Waals surface area contributed by atoms with E-state index in [1.165, 1.54) is 13.5 Å². The Kier molecular flexibility index (Phi) is 7.51. The van der Waals surface area contributed by atoms with E-state index in [9.17, 15) is 9.59 Å². The number of nitrogens with one attached hydrogen (secondary N) is 1. The molecule has 1 aromatic carbocycles. The van der Waals surface area contributed by atoms with Gasteiger partial charge in [0.25, 0.3) is 5.91 Å². The minimum absolute atomic E-state index is 0.132. The van der Waals surface area contributed by atoms with E-state index in [4.69, 9.17) is 14.2 Å². The summed E-state index contributed by atoms with van der Waals surface area (Å²) < 4.78 is 16.1. The van der Waals surface area contributed by atoms with Crippen molar-refractivity contribution in [2.24, 2.45) is 11.8 Å². The SMILES string of the molecule is CCOc1cc(C(=O)O[C@H](C)C(=O)N[C@@H]2CCC[C@H](C)[C@@H]2C)ccc1OC.